The smallest absolute Gasteiger partial charge is 0.236 e. The second kappa shape index (κ2) is 7.62. The van der Waals surface area contributed by atoms with Gasteiger partial charge in [-0.2, -0.15) is 0 Å². The van der Waals surface area contributed by atoms with Crippen molar-refractivity contribution in [2.75, 3.05) is 32.7 Å². The van der Waals surface area contributed by atoms with Gasteiger partial charge in [-0.15, -0.1) is 0 Å². The molecule has 2 fully saturated rings. The van der Waals surface area contributed by atoms with E-state index in [0.717, 1.165) is 45.3 Å². The van der Waals surface area contributed by atoms with Crippen molar-refractivity contribution in [3.05, 3.63) is 0 Å². The molecule has 5 nitrogen and oxygen atoms in total. The third kappa shape index (κ3) is 4.47. The highest BCUT2D eigenvalue weighted by atomic mass is 16.2. The van der Waals surface area contributed by atoms with Crippen LogP contribution in [0.1, 0.15) is 45.4 Å². The van der Waals surface area contributed by atoms with Gasteiger partial charge in [-0.1, -0.05) is 0 Å². The van der Waals surface area contributed by atoms with E-state index in [2.05, 4.69) is 5.32 Å². The molecule has 0 aromatic rings. The molecule has 1 saturated heterocycles. The summed E-state index contributed by atoms with van der Waals surface area (Å²) in [6.45, 7) is 5.58. The molecule has 2 rings (SSSR count). The highest BCUT2D eigenvalue weighted by molar-refractivity contribution is 5.79. The second-order valence-corrected chi connectivity index (χ2v) is 5.78. The fourth-order valence-electron chi connectivity index (χ4n) is 2.82. The summed E-state index contributed by atoms with van der Waals surface area (Å²) in [5, 5.41) is 3.11. The summed E-state index contributed by atoms with van der Waals surface area (Å²) in [5.41, 5.74) is 0. The quantitative estimate of drug-likeness (QED) is 0.708. The number of nitrogens with zero attached hydrogens (tertiary/aromatic N) is 2. The molecule has 1 aliphatic heterocycles. The van der Waals surface area contributed by atoms with Crippen molar-refractivity contribution in [2.24, 2.45) is 0 Å². The number of likely N-dealkylation sites (N-methyl/N-ethyl adjacent to an activating group) is 1. The van der Waals surface area contributed by atoms with Gasteiger partial charge in [0.2, 0.25) is 11.8 Å². The van der Waals surface area contributed by atoms with Gasteiger partial charge in [-0.05, 0) is 39.0 Å². The Kier molecular flexibility index (Phi) is 5.83. The van der Waals surface area contributed by atoms with Crippen LogP contribution in [0.25, 0.3) is 0 Å². The van der Waals surface area contributed by atoms with E-state index < -0.39 is 0 Å². The predicted molar refractivity (Wildman–Crippen MR) is 78.3 cm³/mol. The molecule has 1 N–H and O–H groups in total. The molecule has 0 aromatic heterocycles. The summed E-state index contributed by atoms with van der Waals surface area (Å²) in [6, 6.07) is 0.476. The molecule has 1 saturated carbocycles. The predicted octanol–water partition coefficient (Wildman–Crippen LogP) is 0.989. The van der Waals surface area contributed by atoms with Gasteiger partial charge in [0.05, 0.1) is 6.54 Å². The molecular weight excluding hydrogens is 254 g/mol. The van der Waals surface area contributed by atoms with E-state index in [1.807, 2.05) is 16.7 Å². The van der Waals surface area contributed by atoms with Crippen LogP contribution >= 0.6 is 0 Å². The normalized spacial score (nSPS) is 18.9. The molecule has 2 aliphatic rings. The molecule has 20 heavy (non-hydrogen) atoms. The molecule has 0 radical (unpaired) electrons. The largest absolute Gasteiger partial charge is 0.343 e. The minimum Gasteiger partial charge on any atom is -0.343 e. The van der Waals surface area contributed by atoms with E-state index in [4.69, 9.17) is 0 Å². The van der Waals surface area contributed by atoms with Crippen molar-refractivity contribution >= 4 is 11.8 Å². The lowest BCUT2D eigenvalue weighted by molar-refractivity contribution is -0.133. The van der Waals surface area contributed by atoms with Crippen molar-refractivity contribution in [3.63, 3.8) is 0 Å². The third-order valence-corrected chi connectivity index (χ3v) is 4.15. The summed E-state index contributed by atoms with van der Waals surface area (Å²) in [7, 11) is 0. The summed E-state index contributed by atoms with van der Waals surface area (Å²) >= 11 is 0. The average molecular weight is 281 g/mol. The molecule has 2 amide bonds. The lowest BCUT2D eigenvalue weighted by atomic mass is 10.1. The number of carbonyl (C=O) groups is 2. The van der Waals surface area contributed by atoms with Gasteiger partial charge < -0.3 is 15.1 Å². The SMILES string of the molecule is CCN(C(=O)CNCCC(=O)N1CCCCC1)C1CC1. The van der Waals surface area contributed by atoms with Crippen LogP contribution in [0.15, 0.2) is 0 Å². The van der Waals surface area contributed by atoms with E-state index >= 15 is 0 Å². The first-order valence-electron chi connectivity index (χ1n) is 8.00. The monoisotopic (exact) mass is 281 g/mol. The van der Waals surface area contributed by atoms with E-state index in [1.54, 1.807) is 0 Å². The Bertz CT molecular complexity index is 336. The van der Waals surface area contributed by atoms with Gasteiger partial charge in [-0.25, -0.2) is 0 Å². The summed E-state index contributed by atoms with van der Waals surface area (Å²) in [6.07, 6.45) is 6.29. The number of carbonyl (C=O) groups excluding carboxylic acids is 2. The molecule has 1 aliphatic carbocycles. The second-order valence-electron chi connectivity index (χ2n) is 5.78. The third-order valence-electron chi connectivity index (χ3n) is 4.15. The molecule has 0 unspecified atom stereocenters. The van der Waals surface area contributed by atoms with Crippen LogP contribution < -0.4 is 5.32 Å². The maximum atomic E-state index is 12.0. The lowest BCUT2D eigenvalue weighted by Crippen LogP contribution is -2.41. The molecule has 0 aromatic carbocycles. The molecule has 5 heteroatoms. The molecule has 0 atom stereocenters. The zero-order valence-electron chi connectivity index (χ0n) is 12.6. The molecule has 0 spiro atoms. The van der Waals surface area contributed by atoms with E-state index in [1.165, 1.54) is 6.42 Å². The first kappa shape index (κ1) is 15.3. The molecular formula is C15H27N3O2. The Balaban J connectivity index is 1.58. The number of nitrogens with one attached hydrogen (secondary N) is 1. The van der Waals surface area contributed by atoms with E-state index in [0.29, 0.717) is 25.6 Å². The van der Waals surface area contributed by atoms with Crippen molar-refractivity contribution in [1.29, 1.82) is 0 Å². The first-order valence-corrected chi connectivity index (χ1v) is 8.00. The maximum absolute atomic E-state index is 12.0. The van der Waals surface area contributed by atoms with Crippen molar-refractivity contribution in [3.8, 4) is 0 Å². The fraction of sp³-hybridized carbons (Fsp3) is 0.867. The summed E-state index contributed by atoms with van der Waals surface area (Å²) in [5.74, 6) is 0.389. The maximum Gasteiger partial charge on any atom is 0.236 e. The number of hydrogen-bond acceptors (Lipinski definition) is 3. The van der Waals surface area contributed by atoms with Gasteiger partial charge >= 0.3 is 0 Å². The zero-order chi connectivity index (χ0) is 14.4. The number of likely N-dealkylation sites (tertiary alicyclic amines) is 1. The number of rotatable bonds is 7. The molecule has 1 heterocycles. The first-order chi connectivity index (χ1) is 9.72. The van der Waals surface area contributed by atoms with Crippen molar-refractivity contribution in [2.45, 2.75) is 51.5 Å². The Morgan fingerprint density at radius 1 is 1.20 bits per heavy atom. The summed E-state index contributed by atoms with van der Waals surface area (Å²) in [4.78, 5) is 27.8. The summed E-state index contributed by atoms with van der Waals surface area (Å²) < 4.78 is 0. The van der Waals surface area contributed by atoms with Gasteiger partial charge in [-0.3, -0.25) is 9.59 Å². The van der Waals surface area contributed by atoms with Crippen molar-refractivity contribution in [1.82, 2.24) is 15.1 Å². The number of piperidine rings is 1. The van der Waals surface area contributed by atoms with Gasteiger partial charge in [0.25, 0.3) is 0 Å². The van der Waals surface area contributed by atoms with Crippen LogP contribution in [0, 0.1) is 0 Å². The Labute approximate surface area is 121 Å². The van der Waals surface area contributed by atoms with E-state index in [-0.39, 0.29) is 11.8 Å². The van der Waals surface area contributed by atoms with Gasteiger partial charge in [0.15, 0.2) is 0 Å². The molecule has 114 valence electrons. The Morgan fingerprint density at radius 3 is 2.50 bits per heavy atom. The Hall–Kier alpha value is -1.10. The fourth-order valence-corrected chi connectivity index (χ4v) is 2.82. The molecule has 0 bridgehead atoms. The van der Waals surface area contributed by atoms with Gasteiger partial charge in [0, 0.05) is 38.6 Å². The lowest BCUT2D eigenvalue weighted by Gasteiger charge is -2.26. The minimum absolute atomic E-state index is 0.167. The van der Waals surface area contributed by atoms with Crippen LogP contribution in [0.2, 0.25) is 0 Å². The van der Waals surface area contributed by atoms with Crippen LogP contribution in [0.3, 0.4) is 0 Å². The van der Waals surface area contributed by atoms with Crippen LogP contribution in [-0.4, -0.2) is 60.4 Å². The van der Waals surface area contributed by atoms with Crippen LogP contribution in [0.5, 0.6) is 0 Å². The van der Waals surface area contributed by atoms with Gasteiger partial charge in [0.1, 0.15) is 0 Å². The standard InChI is InChI=1S/C15H27N3O2/c1-2-18(13-6-7-13)15(20)12-16-9-8-14(19)17-10-4-3-5-11-17/h13,16H,2-12H2,1H3. The van der Waals surface area contributed by atoms with Crippen LogP contribution in [-0.2, 0) is 9.59 Å². The minimum atomic E-state index is 0.167. The number of hydrogen-bond donors (Lipinski definition) is 1. The number of amides is 2. The topological polar surface area (TPSA) is 52.7 Å². The van der Waals surface area contributed by atoms with Crippen LogP contribution in [0.4, 0.5) is 0 Å². The highest BCUT2D eigenvalue weighted by Gasteiger charge is 2.30. The highest BCUT2D eigenvalue weighted by Crippen LogP contribution is 2.26. The van der Waals surface area contributed by atoms with E-state index in [9.17, 15) is 9.59 Å². The zero-order valence-corrected chi connectivity index (χ0v) is 12.6. The Morgan fingerprint density at radius 2 is 1.90 bits per heavy atom. The average Bonchev–Trinajstić information content (AvgIpc) is 3.30. The van der Waals surface area contributed by atoms with Crippen molar-refractivity contribution < 1.29 is 9.59 Å².